The van der Waals surface area contributed by atoms with Crippen LogP contribution in [0.15, 0.2) is 0 Å². The highest BCUT2D eigenvalue weighted by Crippen LogP contribution is 2.17. The average molecular weight is 226 g/mol. The molecule has 0 rings (SSSR count). The first-order valence-corrected chi connectivity index (χ1v) is 5.30. The summed E-state index contributed by atoms with van der Waals surface area (Å²) in [6, 6.07) is 0.486. The standard InChI is InChI=1S/C10H21F3N2/c1-9(2)15(3)8-4-6-14-7-5-10(11,12)13/h9,14H,4-8H2,1-3H3. The van der Waals surface area contributed by atoms with Crippen LogP contribution in [0.4, 0.5) is 13.2 Å². The third-order valence-corrected chi connectivity index (χ3v) is 2.33. The van der Waals surface area contributed by atoms with Crippen LogP contribution in [0.25, 0.3) is 0 Å². The second-order valence-corrected chi connectivity index (χ2v) is 4.04. The van der Waals surface area contributed by atoms with E-state index in [1.165, 1.54) is 0 Å². The van der Waals surface area contributed by atoms with Gasteiger partial charge in [0.25, 0.3) is 0 Å². The van der Waals surface area contributed by atoms with Crippen molar-refractivity contribution in [2.24, 2.45) is 0 Å². The van der Waals surface area contributed by atoms with E-state index in [0.29, 0.717) is 12.6 Å². The molecule has 5 heteroatoms. The van der Waals surface area contributed by atoms with Gasteiger partial charge in [-0.3, -0.25) is 0 Å². The second kappa shape index (κ2) is 7.06. The lowest BCUT2D eigenvalue weighted by Crippen LogP contribution is -2.30. The summed E-state index contributed by atoms with van der Waals surface area (Å²) in [5, 5.41) is 2.79. The molecule has 0 aliphatic carbocycles. The molecule has 0 aromatic heterocycles. The molecule has 0 bridgehead atoms. The van der Waals surface area contributed by atoms with E-state index < -0.39 is 12.6 Å². The highest BCUT2D eigenvalue weighted by Gasteiger charge is 2.25. The van der Waals surface area contributed by atoms with E-state index in [1.54, 1.807) is 0 Å². The van der Waals surface area contributed by atoms with Crippen LogP contribution in [0.3, 0.4) is 0 Å². The van der Waals surface area contributed by atoms with Gasteiger partial charge in [-0.05, 0) is 40.4 Å². The number of hydrogen-bond donors (Lipinski definition) is 1. The highest BCUT2D eigenvalue weighted by atomic mass is 19.4. The molecular weight excluding hydrogens is 205 g/mol. The number of nitrogens with zero attached hydrogens (tertiary/aromatic N) is 1. The molecule has 0 spiro atoms. The molecule has 15 heavy (non-hydrogen) atoms. The van der Waals surface area contributed by atoms with Gasteiger partial charge in [-0.15, -0.1) is 0 Å². The Kier molecular flexibility index (Phi) is 6.92. The van der Waals surface area contributed by atoms with E-state index in [1.807, 2.05) is 7.05 Å². The zero-order valence-corrected chi connectivity index (χ0v) is 9.69. The van der Waals surface area contributed by atoms with E-state index in [4.69, 9.17) is 0 Å². The van der Waals surface area contributed by atoms with Gasteiger partial charge in [-0.1, -0.05) is 0 Å². The Hall–Kier alpha value is -0.290. The molecule has 0 saturated carbocycles. The zero-order chi connectivity index (χ0) is 11.9. The van der Waals surface area contributed by atoms with E-state index in [-0.39, 0.29) is 6.54 Å². The van der Waals surface area contributed by atoms with E-state index in [0.717, 1.165) is 13.0 Å². The number of rotatable bonds is 7. The summed E-state index contributed by atoms with van der Waals surface area (Å²) < 4.78 is 35.3. The van der Waals surface area contributed by atoms with Gasteiger partial charge in [-0.25, -0.2) is 0 Å². The number of hydrogen-bond acceptors (Lipinski definition) is 2. The molecule has 0 unspecified atom stereocenters. The molecule has 0 amide bonds. The van der Waals surface area contributed by atoms with Crippen LogP contribution in [-0.4, -0.2) is 43.8 Å². The van der Waals surface area contributed by atoms with Gasteiger partial charge in [-0.2, -0.15) is 13.2 Å². The third-order valence-electron chi connectivity index (χ3n) is 2.33. The van der Waals surface area contributed by atoms with Crippen molar-refractivity contribution < 1.29 is 13.2 Å². The SMILES string of the molecule is CC(C)N(C)CCCNCCC(F)(F)F. The summed E-state index contributed by atoms with van der Waals surface area (Å²) in [5.74, 6) is 0. The quantitative estimate of drug-likeness (QED) is 0.670. The Labute approximate surface area is 89.8 Å². The van der Waals surface area contributed by atoms with Crippen molar-refractivity contribution in [2.75, 3.05) is 26.7 Å². The van der Waals surface area contributed by atoms with E-state index in [2.05, 4.69) is 24.1 Å². The molecule has 0 saturated heterocycles. The lowest BCUT2D eigenvalue weighted by atomic mass is 10.3. The lowest BCUT2D eigenvalue weighted by molar-refractivity contribution is -0.133. The van der Waals surface area contributed by atoms with Crippen LogP contribution in [-0.2, 0) is 0 Å². The topological polar surface area (TPSA) is 15.3 Å². The predicted molar refractivity (Wildman–Crippen MR) is 55.9 cm³/mol. The summed E-state index contributed by atoms with van der Waals surface area (Å²) in [6.07, 6.45) is -3.90. The fourth-order valence-corrected chi connectivity index (χ4v) is 1.07. The van der Waals surface area contributed by atoms with Crippen molar-refractivity contribution in [1.29, 1.82) is 0 Å². The average Bonchev–Trinajstić information content (AvgIpc) is 2.08. The molecule has 0 aliphatic heterocycles. The van der Waals surface area contributed by atoms with Crippen molar-refractivity contribution in [3.05, 3.63) is 0 Å². The van der Waals surface area contributed by atoms with Crippen LogP contribution in [0, 0.1) is 0 Å². The summed E-state index contributed by atoms with van der Waals surface area (Å²) in [5.41, 5.74) is 0. The van der Waals surface area contributed by atoms with Gasteiger partial charge in [0.1, 0.15) is 0 Å². The molecule has 0 heterocycles. The van der Waals surface area contributed by atoms with Crippen LogP contribution < -0.4 is 5.32 Å². The Morgan fingerprint density at radius 3 is 2.27 bits per heavy atom. The van der Waals surface area contributed by atoms with E-state index in [9.17, 15) is 13.2 Å². The molecule has 0 aliphatic rings. The maximum absolute atomic E-state index is 11.8. The molecule has 0 fully saturated rings. The van der Waals surface area contributed by atoms with Gasteiger partial charge >= 0.3 is 6.18 Å². The Bertz CT molecular complexity index is 157. The minimum Gasteiger partial charge on any atom is -0.316 e. The van der Waals surface area contributed by atoms with Crippen molar-refractivity contribution in [3.8, 4) is 0 Å². The number of nitrogens with one attached hydrogen (secondary N) is 1. The molecule has 0 radical (unpaired) electrons. The van der Waals surface area contributed by atoms with Crippen LogP contribution >= 0.6 is 0 Å². The molecule has 2 nitrogen and oxygen atoms in total. The minimum atomic E-state index is -4.04. The van der Waals surface area contributed by atoms with Crippen molar-refractivity contribution in [2.45, 2.75) is 38.9 Å². The fourth-order valence-electron chi connectivity index (χ4n) is 1.07. The van der Waals surface area contributed by atoms with Crippen molar-refractivity contribution in [3.63, 3.8) is 0 Å². The van der Waals surface area contributed by atoms with Crippen LogP contribution in [0.5, 0.6) is 0 Å². The normalized spacial score (nSPS) is 12.8. The molecule has 0 atom stereocenters. The summed E-state index contributed by atoms with van der Waals surface area (Å²) in [7, 11) is 2.01. The largest absolute Gasteiger partial charge is 0.390 e. The first kappa shape index (κ1) is 14.7. The molecule has 0 aromatic carbocycles. The maximum Gasteiger partial charge on any atom is 0.390 e. The molecule has 1 N–H and O–H groups in total. The van der Waals surface area contributed by atoms with Crippen molar-refractivity contribution in [1.82, 2.24) is 10.2 Å². The third kappa shape index (κ3) is 10.0. The monoisotopic (exact) mass is 226 g/mol. The van der Waals surface area contributed by atoms with Gasteiger partial charge in [0.15, 0.2) is 0 Å². The van der Waals surface area contributed by atoms with Gasteiger partial charge in [0.2, 0.25) is 0 Å². The van der Waals surface area contributed by atoms with E-state index >= 15 is 0 Å². The van der Waals surface area contributed by atoms with Gasteiger partial charge in [0.05, 0.1) is 6.42 Å². The maximum atomic E-state index is 11.8. The smallest absolute Gasteiger partial charge is 0.316 e. The minimum absolute atomic E-state index is 0.0227. The van der Waals surface area contributed by atoms with Gasteiger partial charge in [0, 0.05) is 12.6 Å². The van der Waals surface area contributed by atoms with Crippen LogP contribution in [0.2, 0.25) is 0 Å². The lowest BCUT2D eigenvalue weighted by Gasteiger charge is -2.20. The van der Waals surface area contributed by atoms with Crippen molar-refractivity contribution >= 4 is 0 Å². The summed E-state index contributed by atoms with van der Waals surface area (Å²) in [6.45, 7) is 5.77. The predicted octanol–water partition coefficient (Wildman–Crippen LogP) is 2.26. The molecular formula is C10H21F3N2. The van der Waals surface area contributed by atoms with Crippen LogP contribution in [0.1, 0.15) is 26.7 Å². The molecule has 0 aromatic rings. The Balaban J connectivity index is 3.26. The highest BCUT2D eigenvalue weighted by molar-refractivity contribution is 4.59. The first-order chi connectivity index (χ1) is 6.83. The Morgan fingerprint density at radius 1 is 1.20 bits per heavy atom. The first-order valence-electron chi connectivity index (χ1n) is 5.30. The second-order valence-electron chi connectivity index (χ2n) is 4.04. The number of halogens is 3. The molecule has 92 valence electrons. The Morgan fingerprint density at radius 2 is 1.80 bits per heavy atom. The summed E-state index contributed by atoms with van der Waals surface area (Å²) >= 11 is 0. The zero-order valence-electron chi connectivity index (χ0n) is 9.69. The van der Waals surface area contributed by atoms with Gasteiger partial charge < -0.3 is 10.2 Å². The fraction of sp³-hybridized carbons (Fsp3) is 1.00. The summed E-state index contributed by atoms with van der Waals surface area (Å²) in [4.78, 5) is 2.17. The number of alkyl halides is 3.